The molecule has 1 amide bonds. The highest BCUT2D eigenvalue weighted by atomic mass is 16.6. The Labute approximate surface area is 180 Å². The van der Waals surface area contributed by atoms with E-state index in [0.29, 0.717) is 23.6 Å². The van der Waals surface area contributed by atoms with Gasteiger partial charge in [0.2, 0.25) is 0 Å². The van der Waals surface area contributed by atoms with E-state index < -0.39 is 4.92 Å². The van der Waals surface area contributed by atoms with E-state index >= 15 is 0 Å². The second-order valence-corrected chi connectivity index (χ2v) is 7.31. The summed E-state index contributed by atoms with van der Waals surface area (Å²) in [4.78, 5) is 25.3. The molecule has 6 heteroatoms. The summed E-state index contributed by atoms with van der Waals surface area (Å²) in [6.07, 6.45) is 5.57. The van der Waals surface area contributed by atoms with Crippen molar-refractivity contribution in [2.45, 2.75) is 19.8 Å². The van der Waals surface area contributed by atoms with Gasteiger partial charge in [-0.2, -0.15) is 0 Å². The quantitative estimate of drug-likeness (QED) is 0.273. The average Bonchev–Trinajstić information content (AvgIpc) is 3.38. The van der Waals surface area contributed by atoms with Gasteiger partial charge in [-0.3, -0.25) is 14.9 Å². The van der Waals surface area contributed by atoms with Gasteiger partial charge in [0.1, 0.15) is 11.5 Å². The lowest BCUT2D eigenvalue weighted by molar-refractivity contribution is -0.384. The van der Waals surface area contributed by atoms with Crippen LogP contribution in [0.4, 0.5) is 5.69 Å². The summed E-state index contributed by atoms with van der Waals surface area (Å²) in [5.41, 5.74) is 3.23. The second kappa shape index (κ2) is 8.83. The van der Waals surface area contributed by atoms with E-state index in [1.165, 1.54) is 12.1 Å². The molecule has 2 aromatic carbocycles. The highest BCUT2D eigenvalue weighted by Crippen LogP contribution is 2.32. The van der Waals surface area contributed by atoms with Crippen LogP contribution in [0.5, 0.6) is 0 Å². The molecule has 0 unspecified atom stereocenters. The molecule has 0 spiro atoms. The molecule has 0 N–H and O–H groups in total. The van der Waals surface area contributed by atoms with Gasteiger partial charge in [-0.15, -0.1) is 0 Å². The highest BCUT2D eigenvalue weighted by molar-refractivity contribution is 6.10. The van der Waals surface area contributed by atoms with E-state index in [1.807, 2.05) is 41.3 Å². The molecule has 1 aromatic heterocycles. The molecule has 3 aromatic rings. The maximum absolute atomic E-state index is 13.1. The van der Waals surface area contributed by atoms with Gasteiger partial charge in [-0.25, -0.2) is 0 Å². The molecule has 156 valence electrons. The van der Waals surface area contributed by atoms with Crippen molar-refractivity contribution in [3.8, 4) is 11.3 Å². The Kier molecular flexibility index (Phi) is 5.80. The monoisotopic (exact) mass is 414 g/mol. The first-order valence-corrected chi connectivity index (χ1v) is 10.2. The number of non-ortho nitro benzene ring substituents is 1. The summed E-state index contributed by atoms with van der Waals surface area (Å²) in [6.45, 7) is 2.77. The van der Waals surface area contributed by atoms with Gasteiger partial charge in [0.15, 0.2) is 0 Å². The Bertz CT molecular complexity index is 1160. The van der Waals surface area contributed by atoms with E-state index in [-0.39, 0.29) is 11.6 Å². The summed E-state index contributed by atoms with van der Waals surface area (Å²) >= 11 is 0. The summed E-state index contributed by atoms with van der Waals surface area (Å²) in [5.74, 6) is 1.10. The molecule has 0 bridgehead atoms. The minimum Gasteiger partial charge on any atom is -0.457 e. The van der Waals surface area contributed by atoms with Gasteiger partial charge < -0.3 is 9.32 Å². The van der Waals surface area contributed by atoms with Crippen molar-refractivity contribution in [3.63, 3.8) is 0 Å². The number of carbonyl (C=O) groups is 1. The number of nitrogens with zero attached hydrogens (tertiary/aromatic N) is 2. The number of nitro benzene ring substituents is 1. The van der Waals surface area contributed by atoms with Crippen molar-refractivity contribution in [1.82, 2.24) is 4.90 Å². The third-order valence-electron chi connectivity index (χ3n) is 5.17. The Morgan fingerprint density at radius 3 is 2.42 bits per heavy atom. The maximum Gasteiger partial charge on any atom is 0.269 e. The van der Waals surface area contributed by atoms with E-state index in [2.05, 4.69) is 6.92 Å². The third kappa shape index (κ3) is 4.33. The van der Waals surface area contributed by atoms with Crippen LogP contribution in [0.2, 0.25) is 0 Å². The minimum absolute atomic E-state index is 0.0277. The molecule has 0 saturated heterocycles. The molecule has 1 aliphatic rings. The number of amides is 1. The zero-order chi connectivity index (χ0) is 21.8. The van der Waals surface area contributed by atoms with E-state index in [4.69, 9.17) is 4.42 Å². The standard InChI is InChI=1S/C25H22N2O4/c1-2-3-15-26-23(18-7-5-4-6-8-18)17-20(25(26)28)16-22-13-14-24(31-22)19-9-11-21(12-10-19)27(29)30/h4-14,16-17H,2-3,15H2,1H3/b20-16+. The van der Waals surface area contributed by atoms with Crippen LogP contribution in [0.25, 0.3) is 23.1 Å². The van der Waals surface area contributed by atoms with Crippen LogP contribution in [0.3, 0.4) is 0 Å². The van der Waals surface area contributed by atoms with E-state index in [0.717, 1.165) is 29.7 Å². The third-order valence-corrected chi connectivity index (χ3v) is 5.17. The minimum atomic E-state index is -0.436. The average molecular weight is 414 g/mol. The van der Waals surface area contributed by atoms with Crippen molar-refractivity contribution in [2.24, 2.45) is 0 Å². The molecule has 0 saturated carbocycles. The van der Waals surface area contributed by atoms with Crippen molar-refractivity contribution in [2.75, 3.05) is 6.54 Å². The van der Waals surface area contributed by atoms with E-state index in [9.17, 15) is 14.9 Å². The molecule has 1 aliphatic heterocycles. The fourth-order valence-electron chi connectivity index (χ4n) is 3.53. The van der Waals surface area contributed by atoms with Gasteiger partial charge in [0, 0.05) is 29.8 Å². The van der Waals surface area contributed by atoms with Gasteiger partial charge in [-0.1, -0.05) is 43.7 Å². The van der Waals surface area contributed by atoms with Crippen LogP contribution in [0.15, 0.2) is 82.8 Å². The number of nitro groups is 1. The number of hydrogen-bond donors (Lipinski definition) is 0. The zero-order valence-electron chi connectivity index (χ0n) is 17.2. The summed E-state index contributed by atoms with van der Waals surface area (Å²) in [6, 6.07) is 19.6. The molecule has 0 atom stereocenters. The van der Waals surface area contributed by atoms with Crippen LogP contribution in [-0.4, -0.2) is 22.3 Å². The lowest BCUT2D eigenvalue weighted by Gasteiger charge is -2.20. The SMILES string of the molecule is CCCCN1C(=O)/C(=C/c2ccc(-c3ccc([N+](=O)[O-])cc3)o2)C=C1c1ccccc1. The summed E-state index contributed by atoms with van der Waals surface area (Å²) in [7, 11) is 0. The maximum atomic E-state index is 13.1. The number of carbonyl (C=O) groups excluding carboxylic acids is 1. The number of hydrogen-bond acceptors (Lipinski definition) is 4. The number of benzene rings is 2. The van der Waals surface area contributed by atoms with Crippen LogP contribution in [0, 0.1) is 10.1 Å². The molecular weight excluding hydrogens is 392 g/mol. The van der Waals surface area contributed by atoms with Crippen molar-refractivity contribution in [1.29, 1.82) is 0 Å². The predicted octanol–water partition coefficient (Wildman–Crippen LogP) is 5.92. The van der Waals surface area contributed by atoms with Crippen LogP contribution in [-0.2, 0) is 4.79 Å². The van der Waals surface area contributed by atoms with Crippen LogP contribution in [0.1, 0.15) is 31.1 Å². The summed E-state index contributed by atoms with van der Waals surface area (Å²) < 4.78 is 5.89. The zero-order valence-corrected chi connectivity index (χ0v) is 17.2. The Hall–Kier alpha value is -3.93. The fourth-order valence-corrected chi connectivity index (χ4v) is 3.53. The Balaban J connectivity index is 1.62. The molecule has 4 rings (SSSR count). The molecule has 0 fully saturated rings. The Morgan fingerprint density at radius 1 is 1.00 bits per heavy atom. The first-order chi connectivity index (χ1) is 15.1. The first-order valence-electron chi connectivity index (χ1n) is 10.2. The van der Waals surface area contributed by atoms with Crippen LogP contribution >= 0.6 is 0 Å². The first kappa shape index (κ1) is 20.3. The van der Waals surface area contributed by atoms with Crippen molar-refractivity contribution >= 4 is 23.4 Å². The fraction of sp³-hybridized carbons (Fsp3) is 0.160. The second-order valence-electron chi connectivity index (χ2n) is 7.31. The van der Waals surface area contributed by atoms with E-state index in [1.54, 1.807) is 30.3 Å². The van der Waals surface area contributed by atoms with Gasteiger partial charge in [-0.05, 0) is 48.4 Å². The smallest absolute Gasteiger partial charge is 0.269 e. The number of furan rings is 1. The molecule has 6 nitrogen and oxygen atoms in total. The molecule has 31 heavy (non-hydrogen) atoms. The highest BCUT2D eigenvalue weighted by Gasteiger charge is 2.28. The Morgan fingerprint density at radius 2 is 1.74 bits per heavy atom. The normalized spacial score (nSPS) is 14.9. The van der Waals surface area contributed by atoms with Gasteiger partial charge in [0.25, 0.3) is 11.6 Å². The predicted molar refractivity (Wildman–Crippen MR) is 120 cm³/mol. The number of unbranched alkanes of at least 4 members (excludes halogenated alkanes) is 1. The van der Waals surface area contributed by atoms with Crippen LogP contribution < -0.4 is 0 Å². The molecular formula is C25H22N2O4. The lowest BCUT2D eigenvalue weighted by Crippen LogP contribution is -2.26. The largest absolute Gasteiger partial charge is 0.457 e. The van der Waals surface area contributed by atoms with Crippen molar-refractivity contribution < 1.29 is 14.1 Å². The van der Waals surface area contributed by atoms with Crippen molar-refractivity contribution in [3.05, 3.63) is 99.8 Å². The topological polar surface area (TPSA) is 76.6 Å². The van der Waals surface area contributed by atoms with Gasteiger partial charge >= 0.3 is 0 Å². The molecule has 0 aliphatic carbocycles. The molecule has 0 radical (unpaired) electrons. The van der Waals surface area contributed by atoms with Gasteiger partial charge in [0.05, 0.1) is 10.6 Å². The summed E-state index contributed by atoms with van der Waals surface area (Å²) in [5, 5.41) is 10.8. The number of rotatable bonds is 7. The molecule has 2 heterocycles. The lowest BCUT2D eigenvalue weighted by atomic mass is 10.1.